The molecule has 2 aliphatic rings. The number of carboxylic acids is 1. The van der Waals surface area contributed by atoms with Crippen LogP contribution in [0.1, 0.15) is 24.8 Å². The van der Waals surface area contributed by atoms with Crippen LogP contribution in [0.2, 0.25) is 0 Å². The summed E-state index contributed by atoms with van der Waals surface area (Å²) in [6, 6.07) is 6.97. The Morgan fingerprint density at radius 1 is 1.19 bits per heavy atom. The number of carbonyl (C=O) groups excluding carboxylic acids is 1. The van der Waals surface area contributed by atoms with Crippen LogP contribution in [0.15, 0.2) is 24.3 Å². The smallest absolute Gasteiger partial charge is 0.308 e. The Morgan fingerprint density at radius 2 is 1.86 bits per heavy atom. The molecule has 1 amide bonds. The normalized spacial score (nSPS) is 30.3. The fourth-order valence-corrected chi connectivity index (χ4v) is 3.91. The number of benzene rings is 1. The van der Waals surface area contributed by atoms with E-state index in [4.69, 9.17) is 5.73 Å². The van der Waals surface area contributed by atoms with Gasteiger partial charge in [-0.2, -0.15) is 0 Å². The van der Waals surface area contributed by atoms with Crippen LogP contribution < -0.4 is 11.1 Å². The first-order valence-electron chi connectivity index (χ1n) is 7.41. The molecule has 0 aromatic heterocycles. The molecule has 0 aliphatic heterocycles. The molecule has 112 valence electrons. The van der Waals surface area contributed by atoms with Crippen LogP contribution in [-0.2, 0) is 16.0 Å². The summed E-state index contributed by atoms with van der Waals surface area (Å²) in [4.78, 5) is 23.6. The fraction of sp³-hybridized carbons (Fsp3) is 0.500. The van der Waals surface area contributed by atoms with Gasteiger partial charge in [-0.1, -0.05) is 12.1 Å². The highest BCUT2D eigenvalue weighted by Gasteiger charge is 2.51. The SMILES string of the molecule is Nc1ccc(CC(=O)NC2C3CCC(C3)C2C(=O)O)cc1. The second-order valence-electron chi connectivity index (χ2n) is 6.21. The maximum atomic E-state index is 12.2. The van der Waals surface area contributed by atoms with Crippen molar-refractivity contribution in [3.05, 3.63) is 29.8 Å². The van der Waals surface area contributed by atoms with Crippen molar-refractivity contribution in [3.63, 3.8) is 0 Å². The number of hydrogen-bond donors (Lipinski definition) is 3. The van der Waals surface area contributed by atoms with Crippen molar-refractivity contribution in [2.45, 2.75) is 31.7 Å². The Bertz CT molecular complexity index is 555. The standard InChI is InChI=1S/C16H20N2O3/c17-12-5-1-9(2-6-12)7-13(19)18-15-11-4-3-10(8-11)14(15)16(20)21/h1-2,5-6,10-11,14-15H,3-4,7-8,17H2,(H,18,19)(H,20,21). The molecule has 5 heteroatoms. The van der Waals surface area contributed by atoms with Crippen LogP contribution >= 0.6 is 0 Å². The first-order valence-corrected chi connectivity index (χ1v) is 7.41. The van der Waals surface area contributed by atoms with Crippen LogP contribution in [0.5, 0.6) is 0 Å². The lowest BCUT2D eigenvalue weighted by atomic mass is 9.84. The molecule has 1 aromatic rings. The molecule has 0 spiro atoms. The quantitative estimate of drug-likeness (QED) is 0.731. The summed E-state index contributed by atoms with van der Waals surface area (Å²) in [5.74, 6) is -0.747. The third kappa shape index (κ3) is 2.73. The molecule has 3 rings (SSSR count). The lowest BCUT2D eigenvalue weighted by Gasteiger charge is -2.28. The van der Waals surface area contributed by atoms with E-state index in [1.54, 1.807) is 12.1 Å². The Kier molecular flexibility index (Phi) is 3.57. The third-order valence-corrected chi connectivity index (χ3v) is 4.87. The minimum Gasteiger partial charge on any atom is -0.481 e. The van der Waals surface area contributed by atoms with Crippen molar-refractivity contribution in [3.8, 4) is 0 Å². The van der Waals surface area contributed by atoms with Crippen molar-refractivity contribution in [2.75, 3.05) is 5.73 Å². The highest BCUT2D eigenvalue weighted by molar-refractivity contribution is 5.80. The fourth-order valence-electron chi connectivity index (χ4n) is 3.91. The van der Waals surface area contributed by atoms with Crippen LogP contribution in [0, 0.1) is 17.8 Å². The minimum absolute atomic E-state index is 0.108. The van der Waals surface area contributed by atoms with E-state index in [9.17, 15) is 14.7 Å². The van der Waals surface area contributed by atoms with Gasteiger partial charge in [-0.05, 0) is 48.8 Å². The zero-order valence-electron chi connectivity index (χ0n) is 11.8. The molecule has 1 aromatic carbocycles. The minimum atomic E-state index is -0.778. The Hall–Kier alpha value is -2.04. The van der Waals surface area contributed by atoms with Gasteiger partial charge in [0.25, 0.3) is 0 Å². The summed E-state index contributed by atoms with van der Waals surface area (Å²) in [6.07, 6.45) is 3.21. The first kappa shape index (κ1) is 13.9. The van der Waals surface area contributed by atoms with Gasteiger partial charge >= 0.3 is 5.97 Å². The Labute approximate surface area is 123 Å². The number of amides is 1. The summed E-state index contributed by atoms with van der Waals surface area (Å²) in [5, 5.41) is 12.3. The molecule has 2 saturated carbocycles. The monoisotopic (exact) mass is 288 g/mol. The van der Waals surface area contributed by atoms with Gasteiger partial charge in [0.2, 0.25) is 5.91 Å². The van der Waals surface area contributed by atoms with E-state index >= 15 is 0 Å². The Morgan fingerprint density at radius 3 is 2.52 bits per heavy atom. The molecule has 2 fully saturated rings. The van der Waals surface area contributed by atoms with Gasteiger partial charge in [-0.25, -0.2) is 0 Å². The van der Waals surface area contributed by atoms with Crippen LogP contribution in [-0.4, -0.2) is 23.0 Å². The van der Waals surface area contributed by atoms with E-state index in [0.29, 0.717) is 11.6 Å². The van der Waals surface area contributed by atoms with Crippen LogP contribution in [0.25, 0.3) is 0 Å². The second-order valence-corrected chi connectivity index (χ2v) is 6.21. The summed E-state index contributed by atoms with van der Waals surface area (Å²) in [5.41, 5.74) is 7.17. The number of aliphatic carboxylic acids is 1. The van der Waals surface area contributed by atoms with E-state index in [-0.39, 0.29) is 24.3 Å². The van der Waals surface area contributed by atoms with E-state index in [1.807, 2.05) is 12.1 Å². The Balaban J connectivity index is 1.64. The van der Waals surface area contributed by atoms with Crippen molar-refractivity contribution < 1.29 is 14.7 Å². The largest absolute Gasteiger partial charge is 0.481 e. The molecule has 0 heterocycles. The average molecular weight is 288 g/mol. The summed E-state index contributed by atoms with van der Waals surface area (Å²) >= 11 is 0. The molecule has 4 unspecified atom stereocenters. The number of carboxylic acid groups (broad SMARTS) is 1. The van der Waals surface area contributed by atoms with Crippen molar-refractivity contribution in [1.82, 2.24) is 5.32 Å². The van der Waals surface area contributed by atoms with Gasteiger partial charge in [0, 0.05) is 11.7 Å². The number of nitrogens with two attached hydrogens (primary N) is 1. The number of carbonyl (C=O) groups is 2. The third-order valence-electron chi connectivity index (χ3n) is 4.87. The molecule has 2 bridgehead atoms. The number of anilines is 1. The molecule has 0 radical (unpaired) electrons. The molecule has 5 nitrogen and oxygen atoms in total. The van der Waals surface area contributed by atoms with Gasteiger partial charge < -0.3 is 16.2 Å². The zero-order valence-corrected chi connectivity index (χ0v) is 11.8. The average Bonchev–Trinajstić information content (AvgIpc) is 3.02. The van der Waals surface area contributed by atoms with E-state index in [1.165, 1.54) is 0 Å². The summed E-state index contributed by atoms with van der Waals surface area (Å²) < 4.78 is 0. The highest BCUT2D eigenvalue weighted by Crippen LogP contribution is 2.48. The molecule has 2 aliphatic carbocycles. The maximum absolute atomic E-state index is 12.2. The van der Waals surface area contributed by atoms with Crippen molar-refractivity contribution in [2.24, 2.45) is 17.8 Å². The lowest BCUT2D eigenvalue weighted by molar-refractivity contribution is -0.144. The molecule has 4 atom stereocenters. The molecule has 0 saturated heterocycles. The maximum Gasteiger partial charge on any atom is 0.308 e. The van der Waals surface area contributed by atoms with Gasteiger partial charge in [0.05, 0.1) is 12.3 Å². The summed E-state index contributed by atoms with van der Waals surface area (Å²) in [6.45, 7) is 0. The number of nitrogen functional groups attached to an aromatic ring is 1. The van der Waals surface area contributed by atoms with Crippen molar-refractivity contribution >= 4 is 17.6 Å². The number of hydrogen-bond acceptors (Lipinski definition) is 3. The van der Waals surface area contributed by atoms with Gasteiger partial charge in [0.1, 0.15) is 0 Å². The number of rotatable bonds is 4. The van der Waals surface area contributed by atoms with Gasteiger partial charge in [0.15, 0.2) is 0 Å². The molecule has 21 heavy (non-hydrogen) atoms. The molecular weight excluding hydrogens is 268 g/mol. The van der Waals surface area contributed by atoms with Crippen LogP contribution in [0.3, 0.4) is 0 Å². The lowest BCUT2D eigenvalue weighted by Crippen LogP contribution is -2.47. The molecular formula is C16H20N2O3. The predicted octanol–water partition coefficient (Wildman–Crippen LogP) is 1.43. The zero-order chi connectivity index (χ0) is 15.0. The second kappa shape index (κ2) is 5.39. The topological polar surface area (TPSA) is 92.4 Å². The van der Waals surface area contributed by atoms with E-state index in [0.717, 1.165) is 24.8 Å². The van der Waals surface area contributed by atoms with E-state index < -0.39 is 11.9 Å². The molecule has 4 N–H and O–H groups in total. The summed E-state index contributed by atoms with van der Waals surface area (Å²) in [7, 11) is 0. The number of nitrogens with one attached hydrogen (secondary N) is 1. The van der Waals surface area contributed by atoms with Gasteiger partial charge in [-0.15, -0.1) is 0 Å². The highest BCUT2D eigenvalue weighted by atomic mass is 16.4. The van der Waals surface area contributed by atoms with E-state index in [2.05, 4.69) is 5.32 Å². The van der Waals surface area contributed by atoms with Crippen LogP contribution in [0.4, 0.5) is 5.69 Å². The predicted molar refractivity (Wildman–Crippen MR) is 78.4 cm³/mol. The number of fused-ring (bicyclic) bond motifs is 2. The van der Waals surface area contributed by atoms with Gasteiger partial charge in [-0.3, -0.25) is 9.59 Å². The first-order chi connectivity index (χ1) is 10.0. The van der Waals surface area contributed by atoms with Crippen molar-refractivity contribution in [1.29, 1.82) is 0 Å².